The molecule has 2 aromatic carbocycles. The Morgan fingerprint density at radius 1 is 1.00 bits per heavy atom. The predicted octanol–water partition coefficient (Wildman–Crippen LogP) is 3.15. The number of hydrogen-bond donors (Lipinski definition) is 1. The predicted molar refractivity (Wildman–Crippen MR) is 97.7 cm³/mol. The maximum absolute atomic E-state index is 5.46. The summed E-state index contributed by atoms with van der Waals surface area (Å²) in [6.45, 7) is 2.09. The molecule has 134 valence electrons. The molecule has 1 aliphatic heterocycles. The normalized spacial score (nSPS) is 18.7. The number of fused-ring (bicyclic) bond motifs is 1. The fourth-order valence-electron chi connectivity index (χ4n) is 3.39. The number of nitrogens with one attached hydrogen (secondary N) is 1. The van der Waals surface area contributed by atoms with Crippen molar-refractivity contribution in [3.05, 3.63) is 59.2 Å². The Hall–Kier alpha value is -3.09. The lowest BCUT2D eigenvalue weighted by molar-refractivity contribution is 0.352. The summed E-state index contributed by atoms with van der Waals surface area (Å²) in [6, 6.07) is 14.6. The van der Waals surface area contributed by atoms with Crippen LogP contribution >= 0.6 is 0 Å². The molecule has 26 heavy (non-hydrogen) atoms. The maximum Gasteiger partial charge on any atom is 0.243 e. The van der Waals surface area contributed by atoms with Gasteiger partial charge in [0.2, 0.25) is 5.95 Å². The van der Waals surface area contributed by atoms with E-state index < -0.39 is 0 Å². The fraction of sp³-hybridized carbons (Fsp3) is 0.316. The Kier molecular flexibility index (Phi) is 4.20. The number of benzene rings is 2. The summed E-state index contributed by atoms with van der Waals surface area (Å²) < 4.78 is 12.6. The molecule has 2 atom stereocenters. The summed E-state index contributed by atoms with van der Waals surface area (Å²) in [6.07, 6.45) is 0.830. The van der Waals surface area contributed by atoms with Crippen LogP contribution in [0.2, 0.25) is 0 Å². The van der Waals surface area contributed by atoms with E-state index in [4.69, 9.17) is 9.47 Å². The second-order valence-electron chi connectivity index (χ2n) is 6.42. The zero-order valence-electron chi connectivity index (χ0n) is 15.0. The van der Waals surface area contributed by atoms with Gasteiger partial charge in [-0.2, -0.15) is 0 Å². The Balaban J connectivity index is 1.72. The number of methoxy groups -OCH3 is 2. The van der Waals surface area contributed by atoms with Crippen molar-refractivity contribution in [2.75, 3.05) is 19.5 Å². The average molecular weight is 351 g/mol. The highest BCUT2D eigenvalue weighted by Gasteiger charge is 2.31. The van der Waals surface area contributed by atoms with E-state index in [-0.39, 0.29) is 12.1 Å². The van der Waals surface area contributed by atoms with Crippen molar-refractivity contribution in [1.82, 2.24) is 20.2 Å². The Morgan fingerprint density at radius 2 is 1.73 bits per heavy atom. The molecule has 0 bridgehead atoms. The summed E-state index contributed by atoms with van der Waals surface area (Å²) >= 11 is 0. The Morgan fingerprint density at radius 3 is 2.46 bits per heavy atom. The van der Waals surface area contributed by atoms with E-state index >= 15 is 0 Å². The first kappa shape index (κ1) is 16.4. The van der Waals surface area contributed by atoms with Gasteiger partial charge < -0.3 is 14.8 Å². The van der Waals surface area contributed by atoms with Crippen LogP contribution < -0.4 is 14.8 Å². The third-order valence-electron chi connectivity index (χ3n) is 4.82. The highest BCUT2D eigenvalue weighted by Crippen LogP contribution is 2.39. The van der Waals surface area contributed by atoms with Gasteiger partial charge in [-0.3, -0.25) is 0 Å². The molecular weight excluding hydrogens is 330 g/mol. The lowest BCUT2D eigenvalue weighted by atomic mass is 9.93. The van der Waals surface area contributed by atoms with E-state index in [1.807, 2.05) is 22.9 Å². The molecule has 4 rings (SSSR count). The minimum Gasteiger partial charge on any atom is -0.493 e. The third-order valence-corrected chi connectivity index (χ3v) is 4.82. The van der Waals surface area contributed by atoms with Crippen molar-refractivity contribution >= 4 is 5.95 Å². The van der Waals surface area contributed by atoms with Crippen molar-refractivity contribution in [2.45, 2.75) is 25.4 Å². The molecule has 1 aromatic heterocycles. The summed E-state index contributed by atoms with van der Waals surface area (Å²) in [5.74, 6) is 2.07. The quantitative estimate of drug-likeness (QED) is 0.778. The van der Waals surface area contributed by atoms with Crippen LogP contribution in [-0.4, -0.2) is 34.4 Å². The van der Waals surface area contributed by atoms with Gasteiger partial charge in [-0.15, -0.1) is 0 Å². The van der Waals surface area contributed by atoms with Gasteiger partial charge in [-0.25, -0.2) is 4.68 Å². The molecule has 0 aliphatic carbocycles. The summed E-state index contributed by atoms with van der Waals surface area (Å²) in [4.78, 5) is 0. The van der Waals surface area contributed by atoms with Gasteiger partial charge in [-0.1, -0.05) is 41.0 Å². The summed E-state index contributed by atoms with van der Waals surface area (Å²) in [5.41, 5.74) is 3.54. The van der Waals surface area contributed by atoms with Gasteiger partial charge in [0.1, 0.15) is 0 Å². The molecule has 0 spiro atoms. The molecule has 7 heteroatoms. The number of rotatable bonds is 4. The second kappa shape index (κ2) is 6.67. The van der Waals surface area contributed by atoms with Crippen molar-refractivity contribution in [1.29, 1.82) is 0 Å². The number of hydrogen-bond acceptors (Lipinski definition) is 6. The maximum atomic E-state index is 5.46. The van der Waals surface area contributed by atoms with E-state index in [9.17, 15) is 0 Å². The van der Waals surface area contributed by atoms with Gasteiger partial charge in [0.25, 0.3) is 0 Å². The van der Waals surface area contributed by atoms with Crippen molar-refractivity contribution in [3.63, 3.8) is 0 Å². The standard InChI is InChI=1S/C19H21N5O2/c1-12-4-6-13(7-5-12)15-11-16(24-19(20-15)21-22-23-24)14-8-9-17(25-2)18(10-14)26-3/h4-10,15-16H,11H2,1-3H3,(H,20,21,23). The number of aryl methyl sites for hydroxylation is 1. The van der Waals surface area contributed by atoms with Crippen LogP contribution in [0.25, 0.3) is 0 Å². The Labute approximate surface area is 151 Å². The summed E-state index contributed by atoms with van der Waals surface area (Å²) in [7, 11) is 3.27. The molecule has 2 heterocycles. The lowest BCUT2D eigenvalue weighted by Gasteiger charge is -2.31. The largest absolute Gasteiger partial charge is 0.493 e. The van der Waals surface area contributed by atoms with Crippen LogP contribution in [0.4, 0.5) is 5.95 Å². The smallest absolute Gasteiger partial charge is 0.243 e. The first-order chi connectivity index (χ1) is 12.7. The van der Waals surface area contributed by atoms with E-state index in [0.717, 1.165) is 12.0 Å². The van der Waals surface area contributed by atoms with Gasteiger partial charge in [0.15, 0.2) is 11.5 Å². The molecule has 0 amide bonds. The molecule has 1 N–H and O–H groups in total. The summed E-state index contributed by atoms with van der Waals surface area (Å²) in [5, 5.41) is 15.6. The minimum atomic E-state index is 0.00681. The third kappa shape index (κ3) is 2.85. The molecule has 0 fully saturated rings. The van der Waals surface area contributed by atoms with Crippen LogP contribution in [0.1, 0.15) is 35.2 Å². The molecular formula is C19H21N5O2. The first-order valence-electron chi connectivity index (χ1n) is 8.52. The van der Waals surface area contributed by atoms with Gasteiger partial charge in [0.05, 0.1) is 26.3 Å². The van der Waals surface area contributed by atoms with E-state index in [0.29, 0.717) is 17.4 Å². The van der Waals surface area contributed by atoms with E-state index in [1.165, 1.54) is 11.1 Å². The Bertz CT molecular complexity index is 907. The van der Waals surface area contributed by atoms with Crippen LogP contribution in [0.3, 0.4) is 0 Å². The number of anilines is 1. The van der Waals surface area contributed by atoms with Crippen LogP contribution in [-0.2, 0) is 0 Å². The highest BCUT2D eigenvalue weighted by atomic mass is 16.5. The van der Waals surface area contributed by atoms with Crippen molar-refractivity contribution in [3.8, 4) is 11.5 Å². The van der Waals surface area contributed by atoms with Crippen molar-refractivity contribution < 1.29 is 9.47 Å². The molecule has 0 saturated heterocycles. The van der Waals surface area contributed by atoms with E-state index in [1.54, 1.807) is 14.2 Å². The fourth-order valence-corrected chi connectivity index (χ4v) is 3.39. The first-order valence-corrected chi connectivity index (χ1v) is 8.52. The molecule has 1 aliphatic rings. The van der Waals surface area contributed by atoms with Crippen LogP contribution in [0.5, 0.6) is 11.5 Å². The zero-order chi connectivity index (χ0) is 18.1. The molecule has 3 aromatic rings. The van der Waals surface area contributed by atoms with Gasteiger partial charge in [-0.05, 0) is 47.0 Å². The zero-order valence-corrected chi connectivity index (χ0v) is 15.0. The monoisotopic (exact) mass is 351 g/mol. The van der Waals surface area contributed by atoms with Gasteiger partial charge in [0, 0.05) is 0 Å². The number of ether oxygens (including phenoxy) is 2. The highest BCUT2D eigenvalue weighted by molar-refractivity contribution is 5.45. The molecule has 7 nitrogen and oxygen atoms in total. The van der Waals surface area contributed by atoms with Crippen LogP contribution in [0, 0.1) is 6.92 Å². The van der Waals surface area contributed by atoms with Crippen LogP contribution in [0.15, 0.2) is 42.5 Å². The number of nitrogens with zero attached hydrogens (tertiary/aromatic N) is 4. The lowest BCUT2D eigenvalue weighted by Crippen LogP contribution is -2.28. The average Bonchev–Trinajstić information content (AvgIpc) is 3.16. The second-order valence-corrected chi connectivity index (χ2v) is 6.42. The SMILES string of the molecule is COc1ccc(C2CC(c3ccc(C)cc3)Nc3nnnn32)cc1OC. The van der Waals surface area contributed by atoms with Gasteiger partial charge >= 0.3 is 0 Å². The molecule has 2 unspecified atom stereocenters. The molecule has 0 radical (unpaired) electrons. The van der Waals surface area contributed by atoms with Crippen molar-refractivity contribution in [2.24, 2.45) is 0 Å². The number of aromatic nitrogens is 4. The molecule has 0 saturated carbocycles. The minimum absolute atomic E-state index is 0.00681. The topological polar surface area (TPSA) is 74.1 Å². The van der Waals surface area contributed by atoms with E-state index in [2.05, 4.69) is 52.0 Å². The number of tetrazole rings is 1.